The number of rotatable bonds is 14. The molecule has 0 bridgehead atoms. The number of carbonyl (C=O) groups excluding carboxylic acids is 4. The summed E-state index contributed by atoms with van der Waals surface area (Å²) in [7, 11) is 1.60. The van der Waals surface area contributed by atoms with E-state index in [1.165, 1.54) is 0 Å². The number of nitrogens with zero attached hydrogens (tertiary/aromatic N) is 2. The van der Waals surface area contributed by atoms with Crippen LogP contribution in [0.25, 0.3) is 0 Å². The number of ether oxygens (including phenoxy) is 1. The number of methoxy groups -OCH3 is 1. The van der Waals surface area contributed by atoms with E-state index in [4.69, 9.17) is 4.74 Å². The van der Waals surface area contributed by atoms with Crippen molar-refractivity contribution in [2.24, 2.45) is 11.8 Å². The van der Waals surface area contributed by atoms with Gasteiger partial charge in [-0.25, -0.2) is 0 Å². The normalized spacial score (nSPS) is 23.0. The highest BCUT2D eigenvalue weighted by Crippen LogP contribution is 2.36. The zero-order valence-corrected chi connectivity index (χ0v) is 32.6. The molecule has 0 saturated carbocycles. The van der Waals surface area contributed by atoms with Crippen LogP contribution in [0.3, 0.4) is 0 Å². The van der Waals surface area contributed by atoms with Gasteiger partial charge in [0, 0.05) is 24.4 Å². The molecule has 10 heteroatoms. The number of piperidine rings is 1. The summed E-state index contributed by atoms with van der Waals surface area (Å²) in [6.45, 7) is 2.69. The van der Waals surface area contributed by atoms with Gasteiger partial charge in [-0.15, -0.1) is 11.8 Å². The largest absolute Gasteiger partial charge is 0.495 e. The third-order valence-corrected chi connectivity index (χ3v) is 12.7. The van der Waals surface area contributed by atoms with Crippen LogP contribution in [-0.4, -0.2) is 71.4 Å². The third kappa shape index (κ3) is 9.86. The van der Waals surface area contributed by atoms with E-state index in [9.17, 15) is 19.2 Å². The number of para-hydroxylation sites is 2. The van der Waals surface area contributed by atoms with Crippen molar-refractivity contribution < 1.29 is 23.9 Å². The molecule has 0 aliphatic carbocycles. The van der Waals surface area contributed by atoms with Gasteiger partial charge in [0.25, 0.3) is 0 Å². The highest BCUT2D eigenvalue weighted by molar-refractivity contribution is 7.99. The second-order valence-electron chi connectivity index (χ2n) is 15.0. The van der Waals surface area contributed by atoms with Crippen LogP contribution in [0.15, 0.2) is 84.9 Å². The number of amides is 4. The van der Waals surface area contributed by atoms with E-state index in [1.54, 1.807) is 12.0 Å². The number of carbonyl (C=O) groups is 4. The molecule has 9 nitrogen and oxygen atoms in total. The second-order valence-corrected chi connectivity index (χ2v) is 16.3. The van der Waals surface area contributed by atoms with Crippen molar-refractivity contribution in [1.82, 2.24) is 15.5 Å². The predicted molar refractivity (Wildman–Crippen MR) is 215 cm³/mol. The van der Waals surface area contributed by atoms with E-state index < -0.39 is 23.9 Å². The summed E-state index contributed by atoms with van der Waals surface area (Å²) in [6.07, 6.45) is 8.72. The number of nitrogens with one attached hydrogen (secondary N) is 2. The fourth-order valence-electron chi connectivity index (χ4n) is 8.38. The molecule has 6 unspecified atom stereocenters. The molecule has 54 heavy (non-hydrogen) atoms. The molecule has 4 amide bonds. The Balaban J connectivity index is 1.20. The first-order chi connectivity index (χ1) is 26.4. The van der Waals surface area contributed by atoms with Gasteiger partial charge in [0.2, 0.25) is 23.6 Å². The molecule has 0 spiro atoms. The topological polar surface area (TPSA) is 108 Å². The molecule has 0 aromatic heterocycles. The van der Waals surface area contributed by atoms with Gasteiger partial charge in [0.1, 0.15) is 17.8 Å². The molecular formula is C44H56N4O5S. The Bertz CT molecular complexity index is 1710. The summed E-state index contributed by atoms with van der Waals surface area (Å²) in [4.78, 5) is 60.5. The zero-order chi connectivity index (χ0) is 37.9. The average molecular weight is 753 g/mol. The Hall–Kier alpha value is -4.31. The average Bonchev–Trinajstić information content (AvgIpc) is 3.48. The minimum absolute atomic E-state index is 0.0416. The highest BCUT2D eigenvalue weighted by atomic mass is 32.2. The molecule has 6 atom stereocenters. The number of fused-ring (bicyclic) bond motifs is 1. The number of hydrogen-bond donors (Lipinski definition) is 2. The van der Waals surface area contributed by atoms with Crippen LogP contribution in [0.5, 0.6) is 5.75 Å². The van der Waals surface area contributed by atoms with Crippen molar-refractivity contribution in [3.63, 3.8) is 0 Å². The van der Waals surface area contributed by atoms with Crippen molar-refractivity contribution in [2.45, 2.75) is 107 Å². The smallest absolute Gasteiger partial charge is 0.249 e. The SMILES string of the molecule is CCC1CCCC2SCCC(NC(=O)C(CCC(Cc3ccccc3)C(=O)NC3CCCCN(c4ccccc4OC)C3=O)Cc3ccccc3)C(=O)N12. The number of thioether (sulfide) groups is 1. The zero-order valence-electron chi connectivity index (χ0n) is 31.8. The Labute approximate surface area is 325 Å². The maximum Gasteiger partial charge on any atom is 0.249 e. The lowest BCUT2D eigenvalue weighted by Gasteiger charge is -2.41. The minimum atomic E-state index is -0.670. The van der Waals surface area contributed by atoms with Gasteiger partial charge in [-0.3, -0.25) is 19.2 Å². The predicted octanol–water partition coefficient (Wildman–Crippen LogP) is 6.93. The van der Waals surface area contributed by atoms with Gasteiger partial charge < -0.3 is 25.2 Å². The molecule has 3 fully saturated rings. The van der Waals surface area contributed by atoms with Crippen LogP contribution in [0.4, 0.5) is 5.69 Å². The monoisotopic (exact) mass is 752 g/mol. The first-order valence-electron chi connectivity index (χ1n) is 19.9. The van der Waals surface area contributed by atoms with E-state index in [1.807, 2.05) is 96.7 Å². The van der Waals surface area contributed by atoms with Gasteiger partial charge in [-0.2, -0.15) is 0 Å². The fraction of sp³-hybridized carbons (Fsp3) is 0.500. The van der Waals surface area contributed by atoms with Crippen molar-refractivity contribution in [3.8, 4) is 5.75 Å². The number of benzene rings is 3. The van der Waals surface area contributed by atoms with E-state index >= 15 is 0 Å². The Morgan fingerprint density at radius 1 is 0.741 bits per heavy atom. The van der Waals surface area contributed by atoms with Crippen molar-refractivity contribution in [3.05, 3.63) is 96.1 Å². The summed E-state index contributed by atoms with van der Waals surface area (Å²) in [5.41, 5.74) is 2.76. The standard InChI is InChI=1S/C44H56N4O5S/c1-3-35-19-14-23-40-48(35)44(52)37(26-28-54-40)46-42(50)34(30-32-17-8-5-9-18-32)25-24-33(29-31-15-6-4-7-16-31)41(49)45-36-20-12-13-27-47(43(36)51)38-21-10-11-22-39(38)53-2/h4-11,15-18,21-22,33-37,40H,3,12-14,19-20,23-30H2,1-2H3,(H,45,49)(H,46,50). The van der Waals surface area contributed by atoms with Crippen molar-refractivity contribution in [1.29, 1.82) is 0 Å². The molecule has 0 radical (unpaired) electrons. The first-order valence-corrected chi connectivity index (χ1v) is 21.0. The van der Waals surface area contributed by atoms with Gasteiger partial charge in [-0.1, -0.05) is 79.7 Å². The molecule has 3 aromatic carbocycles. The highest BCUT2D eigenvalue weighted by Gasteiger charge is 2.40. The Morgan fingerprint density at radius 3 is 1.94 bits per heavy atom. The molecule has 3 heterocycles. The van der Waals surface area contributed by atoms with Crippen LogP contribution in [-0.2, 0) is 32.0 Å². The minimum Gasteiger partial charge on any atom is -0.495 e. The van der Waals surface area contributed by atoms with Crippen molar-refractivity contribution in [2.75, 3.05) is 24.3 Å². The molecule has 3 aromatic rings. The van der Waals surface area contributed by atoms with Crippen molar-refractivity contribution >= 4 is 41.1 Å². The molecule has 6 rings (SSSR count). The van der Waals surface area contributed by atoms with Crippen LogP contribution in [0.1, 0.15) is 82.3 Å². The number of hydrogen-bond acceptors (Lipinski definition) is 6. The molecule has 3 saturated heterocycles. The van der Waals surface area contributed by atoms with Crippen LogP contribution >= 0.6 is 11.8 Å². The summed E-state index contributed by atoms with van der Waals surface area (Å²) in [6, 6.07) is 26.3. The Morgan fingerprint density at radius 2 is 1.33 bits per heavy atom. The maximum absolute atomic E-state index is 14.3. The van der Waals surface area contributed by atoms with Crippen LogP contribution < -0.4 is 20.3 Å². The third-order valence-electron chi connectivity index (χ3n) is 11.4. The lowest BCUT2D eigenvalue weighted by atomic mass is 9.86. The lowest BCUT2D eigenvalue weighted by molar-refractivity contribution is -0.141. The van der Waals surface area contributed by atoms with Crippen LogP contribution in [0.2, 0.25) is 0 Å². The molecule has 288 valence electrons. The van der Waals surface area contributed by atoms with E-state index in [0.717, 1.165) is 55.4 Å². The summed E-state index contributed by atoms with van der Waals surface area (Å²) in [5, 5.41) is 6.55. The van der Waals surface area contributed by atoms with Gasteiger partial charge in [0.15, 0.2) is 0 Å². The van der Waals surface area contributed by atoms with Crippen LogP contribution in [0, 0.1) is 11.8 Å². The molecule has 3 aliphatic rings. The van der Waals surface area contributed by atoms with Gasteiger partial charge in [0.05, 0.1) is 18.2 Å². The fourth-order valence-corrected chi connectivity index (χ4v) is 9.80. The summed E-state index contributed by atoms with van der Waals surface area (Å²) in [5.74, 6) is 0.106. The van der Waals surface area contributed by atoms with Gasteiger partial charge in [-0.05, 0) is 106 Å². The Kier molecular flexibility index (Phi) is 14.1. The molecular weight excluding hydrogens is 697 g/mol. The first kappa shape index (κ1) is 39.4. The maximum atomic E-state index is 14.3. The lowest BCUT2D eigenvalue weighted by Crippen LogP contribution is -2.55. The van der Waals surface area contributed by atoms with E-state index in [2.05, 4.69) is 22.5 Å². The quantitative estimate of drug-likeness (QED) is 0.185. The molecule has 3 aliphatic heterocycles. The summed E-state index contributed by atoms with van der Waals surface area (Å²) < 4.78 is 5.58. The second kappa shape index (κ2) is 19.3. The van der Waals surface area contributed by atoms with E-state index in [-0.39, 0.29) is 35.0 Å². The summed E-state index contributed by atoms with van der Waals surface area (Å²) >= 11 is 1.84. The number of anilines is 1. The van der Waals surface area contributed by atoms with E-state index in [0.29, 0.717) is 56.5 Å². The van der Waals surface area contributed by atoms with Gasteiger partial charge >= 0.3 is 0 Å². The molecule has 2 N–H and O–H groups in total.